The number of carbonyl (C=O) groups excluding carboxylic acids is 1. The second kappa shape index (κ2) is 14.7. The van der Waals surface area contributed by atoms with Gasteiger partial charge in [0.15, 0.2) is 18.2 Å². The van der Waals surface area contributed by atoms with Crippen LogP contribution in [0.2, 0.25) is 25.7 Å². The minimum Gasteiger partial charge on any atom is -0.440 e. The molecule has 1 aromatic carbocycles. The molecule has 246 valence electrons. The molecule has 0 N–H and O–H groups in total. The molecule has 0 spiro atoms. The predicted molar refractivity (Wildman–Crippen MR) is 153 cm³/mol. The lowest BCUT2D eigenvalue weighted by atomic mass is 9.82. The van der Waals surface area contributed by atoms with E-state index in [4.69, 9.17) is 9.47 Å². The number of nitrogens with zero attached hydrogens (tertiary/aromatic N) is 3. The highest BCUT2D eigenvalue weighted by Crippen LogP contribution is 2.39. The maximum absolute atomic E-state index is 14.4. The van der Waals surface area contributed by atoms with Gasteiger partial charge in [-0.1, -0.05) is 19.6 Å². The van der Waals surface area contributed by atoms with E-state index in [-0.39, 0.29) is 37.5 Å². The Balaban J connectivity index is 1.45. The summed E-state index contributed by atoms with van der Waals surface area (Å²) >= 11 is 0. The number of alkyl halides is 3. The molecule has 1 aliphatic heterocycles. The first kappa shape index (κ1) is 34.3. The zero-order valence-electron chi connectivity index (χ0n) is 25.3. The number of rotatable bonds is 11. The predicted octanol–water partition coefficient (Wildman–Crippen LogP) is 7.60. The molecule has 1 saturated carbocycles. The Labute approximate surface area is 254 Å². The van der Waals surface area contributed by atoms with E-state index in [9.17, 15) is 31.1 Å². The van der Waals surface area contributed by atoms with Gasteiger partial charge in [0.05, 0.1) is 18.8 Å². The van der Waals surface area contributed by atoms with Gasteiger partial charge in [-0.05, 0) is 68.7 Å². The first-order valence-corrected chi connectivity index (χ1v) is 18.8. The van der Waals surface area contributed by atoms with Crippen LogP contribution in [0.15, 0.2) is 24.4 Å². The molecule has 2 heterocycles. The smallest absolute Gasteiger partial charge is 0.422 e. The van der Waals surface area contributed by atoms with Crippen LogP contribution in [-0.2, 0) is 20.9 Å². The molecule has 1 aromatic heterocycles. The number of carbonyl (C=O) groups is 1. The highest BCUT2D eigenvalue weighted by atomic mass is 28.3. The Hall–Kier alpha value is -2.58. The number of hydrogen-bond acceptors (Lipinski definition) is 5. The molecule has 44 heavy (non-hydrogen) atoms. The number of hydrogen-bond donors (Lipinski definition) is 0. The summed E-state index contributed by atoms with van der Waals surface area (Å²) in [5.74, 6) is -3.86. The summed E-state index contributed by atoms with van der Waals surface area (Å²) in [6.07, 6.45) is -1.61. The Morgan fingerprint density at radius 1 is 1.02 bits per heavy atom. The molecule has 1 amide bonds. The molecule has 2 unspecified atom stereocenters. The Morgan fingerprint density at radius 3 is 2.41 bits per heavy atom. The van der Waals surface area contributed by atoms with Crippen molar-refractivity contribution in [1.29, 1.82) is 0 Å². The van der Waals surface area contributed by atoms with Crippen LogP contribution in [0.4, 0.5) is 31.1 Å². The first-order valence-electron chi connectivity index (χ1n) is 15.1. The largest absolute Gasteiger partial charge is 0.440 e. The molecule has 2 aromatic rings. The highest BCUT2D eigenvalue weighted by Gasteiger charge is 2.40. The van der Waals surface area contributed by atoms with Gasteiger partial charge in [-0.3, -0.25) is 0 Å². The number of halogens is 6. The van der Waals surface area contributed by atoms with E-state index in [1.807, 2.05) is 6.07 Å². The fourth-order valence-corrected chi connectivity index (χ4v) is 6.78. The van der Waals surface area contributed by atoms with Gasteiger partial charge in [-0.2, -0.15) is 18.3 Å². The highest BCUT2D eigenvalue weighted by molar-refractivity contribution is 6.76. The SMILES string of the molecule is C[Si](C)(C)CCOCn1nccc1C1CCCN(C(=O)OCC(F)(F)F)C1CO[C@H]1CC[C@@H](c2c(F)ccc(F)c2F)CC1. The standard InChI is InChI=1S/C30H41F6N3O4Si/c1-44(2,3)16-15-41-19-39-25(12-13-37-39)22-5-4-14-38(29(40)43-18-30(34,35)36)26(22)17-42-21-8-6-20(7-9-21)27-23(31)10-11-24(32)28(27)33/h10-13,20-22,26H,4-9,14-19H2,1-3H3/t20-,21+,22?,26?. The van der Waals surface area contributed by atoms with Crippen molar-refractivity contribution in [3.63, 3.8) is 0 Å². The first-order chi connectivity index (χ1) is 20.7. The van der Waals surface area contributed by atoms with E-state index in [0.29, 0.717) is 45.1 Å². The molecule has 4 rings (SSSR count). The second-order valence-corrected chi connectivity index (χ2v) is 18.5. The molecule has 7 nitrogen and oxygen atoms in total. The fourth-order valence-electron chi connectivity index (χ4n) is 6.03. The number of piperidine rings is 1. The van der Waals surface area contributed by atoms with Crippen molar-refractivity contribution in [3.05, 3.63) is 53.1 Å². The van der Waals surface area contributed by atoms with Gasteiger partial charge in [-0.25, -0.2) is 22.6 Å². The third-order valence-corrected chi connectivity index (χ3v) is 10.1. The minimum absolute atomic E-state index is 0.0193. The minimum atomic E-state index is -4.66. The molecule has 14 heteroatoms. The quantitative estimate of drug-likeness (QED) is 0.109. The van der Waals surface area contributed by atoms with Crippen molar-refractivity contribution >= 4 is 14.2 Å². The van der Waals surface area contributed by atoms with Gasteiger partial charge in [0.1, 0.15) is 12.5 Å². The lowest BCUT2D eigenvalue weighted by Gasteiger charge is -2.41. The second-order valence-electron chi connectivity index (χ2n) is 12.8. The topological polar surface area (TPSA) is 65.8 Å². The van der Waals surface area contributed by atoms with Crippen molar-refractivity contribution in [2.45, 2.75) is 101 Å². The number of amides is 1. The van der Waals surface area contributed by atoms with E-state index in [1.165, 1.54) is 4.90 Å². The van der Waals surface area contributed by atoms with Crippen LogP contribution in [0.5, 0.6) is 0 Å². The summed E-state index contributed by atoms with van der Waals surface area (Å²) in [5.41, 5.74) is 0.524. The van der Waals surface area contributed by atoms with E-state index >= 15 is 0 Å². The van der Waals surface area contributed by atoms with Crippen LogP contribution in [0.3, 0.4) is 0 Å². The Morgan fingerprint density at radius 2 is 1.73 bits per heavy atom. The number of aromatic nitrogens is 2. The third-order valence-electron chi connectivity index (χ3n) is 8.38. The molecular weight excluding hydrogens is 608 g/mol. The molecule has 0 bridgehead atoms. The van der Waals surface area contributed by atoms with Gasteiger partial charge < -0.3 is 19.1 Å². The van der Waals surface area contributed by atoms with Crippen molar-refractivity contribution in [3.8, 4) is 0 Å². The monoisotopic (exact) mass is 649 g/mol. The summed E-state index contributed by atoms with van der Waals surface area (Å²) in [6.45, 7) is 6.05. The van der Waals surface area contributed by atoms with E-state index in [1.54, 1.807) is 10.9 Å². The summed E-state index contributed by atoms with van der Waals surface area (Å²) < 4.78 is 99.5. The summed E-state index contributed by atoms with van der Waals surface area (Å²) in [4.78, 5) is 14.2. The Bertz CT molecular complexity index is 1250. The average Bonchev–Trinajstić information content (AvgIpc) is 3.43. The van der Waals surface area contributed by atoms with Crippen LogP contribution in [0.25, 0.3) is 0 Å². The van der Waals surface area contributed by atoms with Crippen molar-refractivity contribution in [2.75, 3.05) is 26.4 Å². The van der Waals surface area contributed by atoms with Crippen LogP contribution >= 0.6 is 0 Å². The van der Waals surface area contributed by atoms with Crippen molar-refractivity contribution < 1.29 is 45.3 Å². The number of ether oxygens (including phenoxy) is 3. The maximum Gasteiger partial charge on any atom is 0.422 e. The van der Waals surface area contributed by atoms with Crippen molar-refractivity contribution in [1.82, 2.24) is 14.7 Å². The van der Waals surface area contributed by atoms with Gasteiger partial charge in [-0.15, -0.1) is 0 Å². The average molecular weight is 650 g/mol. The zero-order valence-corrected chi connectivity index (χ0v) is 26.3. The Kier molecular flexibility index (Phi) is 11.4. The maximum atomic E-state index is 14.4. The van der Waals surface area contributed by atoms with Crippen molar-refractivity contribution in [2.24, 2.45) is 0 Å². The van der Waals surface area contributed by atoms with Gasteiger partial charge in [0, 0.05) is 44.6 Å². The molecule has 1 saturated heterocycles. The van der Waals surface area contributed by atoms with Gasteiger partial charge >= 0.3 is 12.3 Å². The molecule has 2 fully saturated rings. The molecular formula is C30H41F6N3O4Si. The van der Waals surface area contributed by atoms with E-state index in [0.717, 1.165) is 23.9 Å². The van der Waals surface area contributed by atoms with Gasteiger partial charge in [0.2, 0.25) is 0 Å². The van der Waals surface area contributed by atoms with E-state index < -0.39 is 56.4 Å². The molecule has 0 radical (unpaired) electrons. The summed E-state index contributed by atoms with van der Waals surface area (Å²) in [5, 5.41) is 4.40. The van der Waals surface area contributed by atoms with Crippen LogP contribution in [-0.4, -0.2) is 73.5 Å². The van der Waals surface area contributed by atoms with Crippen LogP contribution in [0.1, 0.15) is 61.6 Å². The lowest BCUT2D eigenvalue weighted by Crippen LogP contribution is -2.51. The van der Waals surface area contributed by atoms with Crippen LogP contribution < -0.4 is 0 Å². The summed E-state index contributed by atoms with van der Waals surface area (Å²) in [6, 6.07) is 3.84. The normalized spacial score (nSPS) is 23.2. The van der Waals surface area contributed by atoms with Crippen LogP contribution in [0, 0.1) is 17.5 Å². The number of benzene rings is 1. The van der Waals surface area contributed by atoms with E-state index in [2.05, 4.69) is 29.5 Å². The fraction of sp³-hybridized carbons (Fsp3) is 0.667. The summed E-state index contributed by atoms with van der Waals surface area (Å²) in [7, 11) is -1.30. The number of likely N-dealkylation sites (tertiary alicyclic amines) is 1. The molecule has 1 aliphatic carbocycles. The molecule has 2 aliphatic rings. The third kappa shape index (κ3) is 9.22. The molecule has 2 atom stereocenters. The zero-order chi connectivity index (χ0) is 32.1. The van der Waals surface area contributed by atoms with Gasteiger partial charge in [0.25, 0.3) is 0 Å². The lowest BCUT2D eigenvalue weighted by molar-refractivity contribution is -0.163.